The molecule has 3 aromatic rings. The molecule has 0 spiro atoms. The lowest BCUT2D eigenvalue weighted by Crippen LogP contribution is -2.37. The molecule has 7 nitrogen and oxygen atoms in total. The van der Waals surface area contributed by atoms with E-state index in [1.807, 2.05) is 31.2 Å². The molecule has 124 valence electrons. The van der Waals surface area contributed by atoms with E-state index in [9.17, 15) is 14.4 Å². The summed E-state index contributed by atoms with van der Waals surface area (Å²) in [4.78, 5) is 43.4. The molecule has 2 aromatic heterocycles. The number of nitrogens with one attached hydrogen (secondary N) is 1. The second-order valence-electron chi connectivity index (χ2n) is 5.44. The van der Waals surface area contributed by atoms with Crippen LogP contribution in [0.5, 0.6) is 0 Å². The zero-order chi connectivity index (χ0) is 17.3. The molecule has 0 unspecified atom stereocenters. The highest BCUT2D eigenvalue weighted by atomic mass is 32.1. The van der Waals surface area contributed by atoms with Gasteiger partial charge in [-0.1, -0.05) is 12.1 Å². The number of carbonyl (C=O) groups excluding carboxylic acids is 1. The maximum absolute atomic E-state index is 12.4. The number of hydrogen-bond acceptors (Lipinski definition) is 5. The first kappa shape index (κ1) is 16.1. The van der Waals surface area contributed by atoms with Gasteiger partial charge in [-0.2, -0.15) is 0 Å². The molecule has 0 radical (unpaired) electrons. The summed E-state index contributed by atoms with van der Waals surface area (Å²) in [5, 5.41) is 0.834. The summed E-state index contributed by atoms with van der Waals surface area (Å²) in [7, 11) is 1.68. The van der Waals surface area contributed by atoms with Gasteiger partial charge in [0, 0.05) is 19.3 Å². The Hall–Kier alpha value is -2.74. The van der Waals surface area contributed by atoms with Gasteiger partial charge in [0.05, 0.1) is 16.3 Å². The number of nitrogens with zero attached hydrogens (tertiary/aromatic N) is 3. The predicted octanol–water partition coefficient (Wildman–Crippen LogP) is 1.37. The highest BCUT2D eigenvalue weighted by molar-refractivity contribution is 7.18. The summed E-state index contributed by atoms with van der Waals surface area (Å²) in [6.07, 6.45) is 1.31. The third-order valence-electron chi connectivity index (χ3n) is 3.84. The number of aromatic amines is 1. The van der Waals surface area contributed by atoms with Crippen LogP contribution in [-0.4, -0.2) is 32.4 Å². The van der Waals surface area contributed by atoms with E-state index in [0.717, 1.165) is 15.2 Å². The molecule has 0 fully saturated rings. The molecule has 8 heteroatoms. The standard InChI is InChI=1S/C16H16N4O3S/c1-10(15-17-11-5-3-4-6-12(11)24-15)19(2)14(22)9-20-8-7-13(21)18-16(20)23/h3-8,10H,9H2,1-2H3,(H,18,21,23)/t10-/m1/s1. The van der Waals surface area contributed by atoms with Crippen molar-refractivity contribution >= 4 is 27.5 Å². The third kappa shape index (κ3) is 3.13. The van der Waals surface area contributed by atoms with Crippen molar-refractivity contribution in [3.8, 4) is 0 Å². The first-order valence-electron chi connectivity index (χ1n) is 7.36. The van der Waals surface area contributed by atoms with E-state index in [4.69, 9.17) is 0 Å². The lowest BCUT2D eigenvalue weighted by molar-refractivity contribution is -0.132. The summed E-state index contributed by atoms with van der Waals surface area (Å²) in [5.41, 5.74) is -0.182. The number of carbonyl (C=O) groups is 1. The lowest BCUT2D eigenvalue weighted by atomic mass is 10.3. The SMILES string of the molecule is C[C@H](c1nc2ccccc2s1)N(C)C(=O)Cn1ccc(=O)[nH]c1=O. The largest absolute Gasteiger partial charge is 0.335 e. The number of hydrogen-bond donors (Lipinski definition) is 1. The number of rotatable bonds is 4. The summed E-state index contributed by atoms with van der Waals surface area (Å²) in [5.74, 6) is -0.240. The lowest BCUT2D eigenvalue weighted by Gasteiger charge is -2.23. The zero-order valence-corrected chi connectivity index (χ0v) is 14.0. The van der Waals surface area contributed by atoms with Gasteiger partial charge in [0.15, 0.2) is 0 Å². The van der Waals surface area contributed by atoms with Crippen molar-refractivity contribution in [3.05, 3.63) is 62.4 Å². The number of likely N-dealkylation sites (N-methyl/N-ethyl adjacent to an activating group) is 1. The number of fused-ring (bicyclic) bond motifs is 1. The summed E-state index contributed by atoms with van der Waals surface area (Å²) in [6, 6.07) is 8.80. The number of benzene rings is 1. The number of thiazole rings is 1. The van der Waals surface area contributed by atoms with Crippen molar-refractivity contribution in [2.24, 2.45) is 0 Å². The first-order chi connectivity index (χ1) is 11.5. The van der Waals surface area contributed by atoms with Gasteiger partial charge < -0.3 is 4.90 Å². The molecule has 0 aliphatic rings. The fraction of sp³-hybridized carbons (Fsp3) is 0.250. The zero-order valence-electron chi connectivity index (χ0n) is 13.2. The maximum atomic E-state index is 12.4. The Labute approximate surface area is 141 Å². The Balaban J connectivity index is 1.79. The Bertz CT molecular complexity index is 971. The molecule has 0 aliphatic heterocycles. The van der Waals surface area contributed by atoms with Crippen LogP contribution in [0.3, 0.4) is 0 Å². The molecule has 1 amide bonds. The number of amides is 1. The Morgan fingerprint density at radius 3 is 2.79 bits per heavy atom. The van der Waals surface area contributed by atoms with Crippen LogP contribution < -0.4 is 11.2 Å². The summed E-state index contributed by atoms with van der Waals surface area (Å²) >= 11 is 1.54. The smallest absolute Gasteiger partial charge is 0.328 e. The predicted molar refractivity (Wildman–Crippen MR) is 92.1 cm³/mol. The van der Waals surface area contributed by atoms with Crippen LogP contribution >= 0.6 is 11.3 Å². The highest BCUT2D eigenvalue weighted by Gasteiger charge is 2.21. The van der Waals surface area contributed by atoms with Crippen LogP contribution in [0.15, 0.2) is 46.1 Å². The van der Waals surface area contributed by atoms with Crippen molar-refractivity contribution in [1.29, 1.82) is 0 Å². The fourth-order valence-electron chi connectivity index (χ4n) is 2.28. The van der Waals surface area contributed by atoms with Gasteiger partial charge in [-0.05, 0) is 19.1 Å². The Kier molecular flexibility index (Phi) is 4.30. The number of H-pyrrole nitrogens is 1. The molecular formula is C16H16N4O3S. The number of aromatic nitrogens is 3. The molecule has 1 atom stereocenters. The average molecular weight is 344 g/mol. The van der Waals surface area contributed by atoms with E-state index in [1.54, 1.807) is 23.3 Å². The van der Waals surface area contributed by atoms with Crippen molar-refractivity contribution < 1.29 is 4.79 Å². The normalized spacial score (nSPS) is 12.2. The van der Waals surface area contributed by atoms with Crippen molar-refractivity contribution in [3.63, 3.8) is 0 Å². The van der Waals surface area contributed by atoms with E-state index >= 15 is 0 Å². The summed E-state index contributed by atoms with van der Waals surface area (Å²) < 4.78 is 2.24. The Morgan fingerprint density at radius 2 is 2.08 bits per heavy atom. The van der Waals surface area contributed by atoms with Crippen LogP contribution in [0.4, 0.5) is 0 Å². The van der Waals surface area contributed by atoms with Crippen molar-refractivity contribution in [2.75, 3.05) is 7.05 Å². The topological polar surface area (TPSA) is 88.1 Å². The van der Waals surface area contributed by atoms with Gasteiger partial charge >= 0.3 is 5.69 Å². The van der Waals surface area contributed by atoms with Gasteiger partial charge in [-0.25, -0.2) is 9.78 Å². The van der Waals surface area contributed by atoms with Crippen LogP contribution in [0.1, 0.15) is 18.0 Å². The van der Waals surface area contributed by atoms with Gasteiger partial charge in [0.1, 0.15) is 11.6 Å². The molecule has 2 heterocycles. The number of para-hydroxylation sites is 1. The van der Waals surface area contributed by atoms with Gasteiger partial charge in [-0.15, -0.1) is 11.3 Å². The van der Waals surface area contributed by atoms with Crippen LogP contribution in [0.2, 0.25) is 0 Å². The minimum absolute atomic E-state index is 0.138. The quantitative estimate of drug-likeness (QED) is 0.774. The minimum Gasteiger partial charge on any atom is -0.335 e. The van der Waals surface area contributed by atoms with E-state index < -0.39 is 11.2 Å². The second kappa shape index (κ2) is 6.40. The minimum atomic E-state index is -0.600. The van der Waals surface area contributed by atoms with Gasteiger partial charge in [-0.3, -0.25) is 19.1 Å². The maximum Gasteiger partial charge on any atom is 0.328 e. The van der Waals surface area contributed by atoms with E-state index in [-0.39, 0.29) is 18.5 Å². The van der Waals surface area contributed by atoms with Crippen LogP contribution in [0.25, 0.3) is 10.2 Å². The average Bonchev–Trinajstić information content (AvgIpc) is 3.00. The van der Waals surface area contributed by atoms with Gasteiger partial charge in [0.2, 0.25) is 5.91 Å². The molecule has 1 aromatic carbocycles. The second-order valence-corrected chi connectivity index (χ2v) is 6.50. The molecule has 0 aliphatic carbocycles. The Morgan fingerprint density at radius 1 is 1.33 bits per heavy atom. The molecule has 0 saturated carbocycles. The van der Waals surface area contributed by atoms with Gasteiger partial charge in [0.25, 0.3) is 5.56 Å². The monoisotopic (exact) mass is 344 g/mol. The van der Waals surface area contributed by atoms with Crippen molar-refractivity contribution in [1.82, 2.24) is 19.4 Å². The molecule has 0 bridgehead atoms. The van der Waals surface area contributed by atoms with Crippen LogP contribution in [-0.2, 0) is 11.3 Å². The summed E-state index contributed by atoms with van der Waals surface area (Å²) in [6.45, 7) is 1.76. The van der Waals surface area contributed by atoms with E-state index in [0.29, 0.717) is 0 Å². The van der Waals surface area contributed by atoms with E-state index in [2.05, 4.69) is 9.97 Å². The first-order valence-corrected chi connectivity index (χ1v) is 8.18. The fourth-order valence-corrected chi connectivity index (χ4v) is 3.34. The van der Waals surface area contributed by atoms with Crippen molar-refractivity contribution in [2.45, 2.75) is 19.5 Å². The van der Waals surface area contributed by atoms with E-state index in [1.165, 1.54) is 16.8 Å². The molecule has 0 saturated heterocycles. The van der Waals surface area contributed by atoms with Crippen LogP contribution in [0, 0.1) is 0 Å². The molecular weight excluding hydrogens is 328 g/mol. The molecule has 1 N–H and O–H groups in total. The molecule has 24 heavy (non-hydrogen) atoms. The molecule has 3 rings (SSSR count). The highest BCUT2D eigenvalue weighted by Crippen LogP contribution is 2.28. The third-order valence-corrected chi connectivity index (χ3v) is 5.05.